The molecule has 3 rings (SSSR count). The van der Waals surface area contributed by atoms with E-state index in [4.69, 9.17) is 37.4 Å². The Bertz CT molecular complexity index is 934. The van der Waals surface area contributed by atoms with E-state index >= 15 is 0 Å². The van der Waals surface area contributed by atoms with Gasteiger partial charge < -0.3 is 14.2 Å². The molecule has 0 saturated carbocycles. The molecule has 0 bridgehead atoms. The lowest BCUT2D eigenvalue weighted by Gasteiger charge is -2.21. The first-order chi connectivity index (χ1) is 14.0. The van der Waals surface area contributed by atoms with Crippen molar-refractivity contribution in [3.8, 4) is 17.2 Å². The highest BCUT2D eigenvalue weighted by Gasteiger charge is 2.30. The predicted molar refractivity (Wildman–Crippen MR) is 120 cm³/mol. The van der Waals surface area contributed by atoms with Crippen LogP contribution in [0.4, 0.5) is 0 Å². The van der Waals surface area contributed by atoms with Crippen LogP contribution in [0.25, 0.3) is 0 Å². The second-order valence-electron chi connectivity index (χ2n) is 6.00. The summed E-state index contributed by atoms with van der Waals surface area (Å²) < 4.78 is 16.3. The molecule has 0 unspecified atom stereocenters. The second-order valence-corrected chi connectivity index (χ2v) is 8.98. The van der Waals surface area contributed by atoms with Gasteiger partial charge in [0.1, 0.15) is 22.8 Å². The van der Waals surface area contributed by atoms with Crippen molar-refractivity contribution in [3.05, 3.63) is 76.3 Å². The Balaban J connectivity index is 2.19. The molecule has 0 spiro atoms. The molecule has 0 atom stereocenters. The van der Waals surface area contributed by atoms with Crippen molar-refractivity contribution in [2.45, 2.75) is 0 Å². The minimum absolute atomic E-state index is 0.110. The average Bonchev–Trinajstić information content (AvgIpc) is 2.75. The van der Waals surface area contributed by atoms with Gasteiger partial charge in [-0.25, -0.2) is 0 Å². The fraction of sp³-hybridized carbons (Fsp3) is 0.136. The maximum Gasteiger partial charge on any atom is 0.200 e. The quantitative estimate of drug-likeness (QED) is 0.460. The van der Waals surface area contributed by atoms with Gasteiger partial charge in [0, 0.05) is 30.1 Å². The molecule has 150 valence electrons. The summed E-state index contributed by atoms with van der Waals surface area (Å²) >= 11 is 12.1. The van der Waals surface area contributed by atoms with E-state index in [1.165, 1.54) is 14.2 Å². The van der Waals surface area contributed by atoms with Gasteiger partial charge in [0.25, 0.3) is 0 Å². The normalized spacial score (nSPS) is 10.7. The summed E-state index contributed by atoms with van der Waals surface area (Å²) in [6.45, 7) is 0. The molecule has 0 saturated heterocycles. The van der Waals surface area contributed by atoms with E-state index in [9.17, 15) is 4.79 Å². The van der Waals surface area contributed by atoms with Crippen LogP contribution in [0.15, 0.2) is 60.7 Å². The highest BCUT2D eigenvalue weighted by atomic mass is 35.5. The van der Waals surface area contributed by atoms with Gasteiger partial charge in [0.15, 0.2) is 0 Å². The van der Waals surface area contributed by atoms with Crippen LogP contribution in [-0.4, -0.2) is 26.9 Å². The van der Waals surface area contributed by atoms with Gasteiger partial charge in [-0.15, -0.1) is 0 Å². The smallest absolute Gasteiger partial charge is 0.200 e. The van der Waals surface area contributed by atoms with Crippen molar-refractivity contribution in [3.63, 3.8) is 0 Å². The summed E-state index contributed by atoms with van der Waals surface area (Å²) in [6, 6.07) is 17.9. The van der Waals surface area contributed by atoms with Crippen LogP contribution in [0.5, 0.6) is 17.2 Å². The third kappa shape index (κ3) is 4.67. The van der Waals surface area contributed by atoms with E-state index in [-0.39, 0.29) is 5.52 Å². The first-order valence-corrected chi connectivity index (χ1v) is 10.7. The zero-order valence-corrected chi connectivity index (χ0v) is 18.5. The Morgan fingerprint density at radius 1 is 0.724 bits per heavy atom. The maximum absolute atomic E-state index is 13.8. The van der Waals surface area contributed by atoms with Crippen molar-refractivity contribution >= 4 is 47.3 Å². The molecule has 3 aromatic carbocycles. The maximum atomic E-state index is 13.8. The first-order valence-electron chi connectivity index (χ1n) is 8.64. The number of carbonyl (C=O) groups excluding carboxylic acids is 1. The third-order valence-corrected chi connectivity index (χ3v) is 7.06. The lowest BCUT2D eigenvalue weighted by Crippen LogP contribution is -2.19. The van der Waals surface area contributed by atoms with E-state index in [1.54, 1.807) is 43.5 Å². The second kappa shape index (κ2) is 9.49. The first kappa shape index (κ1) is 21.4. The van der Waals surface area contributed by atoms with Gasteiger partial charge in [-0.1, -0.05) is 47.5 Å². The van der Waals surface area contributed by atoms with E-state index in [2.05, 4.69) is 0 Å². The van der Waals surface area contributed by atoms with Gasteiger partial charge in [-0.3, -0.25) is 4.79 Å². The van der Waals surface area contributed by atoms with Crippen LogP contribution >= 0.6 is 31.1 Å². The monoisotopic (exact) mass is 448 g/mol. The molecule has 0 fully saturated rings. The minimum Gasteiger partial charge on any atom is -0.496 e. The van der Waals surface area contributed by atoms with Crippen LogP contribution in [-0.2, 0) is 0 Å². The Morgan fingerprint density at radius 3 is 1.48 bits per heavy atom. The van der Waals surface area contributed by atoms with Crippen LogP contribution in [0.1, 0.15) is 10.4 Å². The summed E-state index contributed by atoms with van der Waals surface area (Å²) in [5.74, 6) is 1.32. The summed E-state index contributed by atoms with van der Waals surface area (Å²) in [6.07, 6.45) is 0. The molecular weight excluding hydrogens is 430 g/mol. The molecule has 0 aliphatic rings. The Hall–Kier alpha value is -2.26. The van der Waals surface area contributed by atoms with Crippen LogP contribution in [0.3, 0.4) is 0 Å². The molecule has 7 heteroatoms. The lowest BCUT2D eigenvalue weighted by molar-refractivity contribution is 0.107. The fourth-order valence-electron chi connectivity index (χ4n) is 2.89. The predicted octanol–water partition coefficient (Wildman–Crippen LogP) is 5.29. The zero-order chi connectivity index (χ0) is 21.0. The minimum atomic E-state index is -1.43. The molecule has 0 heterocycles. The molecular formula is C22H19Cl2O4P. The zero-order valence-electron chi connectivity index (χ0n) is 16.1. The highest BCUT2D eigenvalue weighted by Crippen LogP contribution is 2.45. The summed E-state index contributed by atoms with van der Waals surface area (Å²) in [5.41, 5.74) is 0.257. The Labute approximate surface area is 181 Å². The SMILES string of the molecule is COc1cc(OC)c(C(=O)P(c2ccc(Cl)cc2)c2ccc(Cl)cc2)c(OC)c1. The number of rotatable bonds is 7. The summed E-state index contributed by atoms with van der Waals surface area (Å²) in [4.78, 5) is 13.8. The molecule has 0 N–H and O–H groups in total. The number of ether oxygens (including phenoxy) is 3. The van der Waals surface area contributed by atoms with Gasteiger partial charge in [0.05, 0.1) is 21.3 Å². The van der Waals surface area contributed by atoms with Crippen LogP contribution in [0.2, 0.25) is 10.0 Å². The topological polar surface area (TPSA) is 44.8 Å². The van der Waals surface area contributed by atoms with Crippen LogP contribution < -0.4 is 24.8 Å². The van der Waals surface area contributed by atoms with E-state index in [1.807, 2.05) is 24.3 Å². The largest absolute Gasteiger partial charge is 0.496 e. The van der Waals surface area contributed by atoms with Gasteiger partial charge in [0.2, 0.25) is 5.52 Å². The van der Waals surface area contributed by atoms with E-state index in [0.717, 1.165) is 10.6 Å². The summed E-state index contributed by atoms with van der Waals surface area (Å²) in [5, 5.41) is 2.92. The van der Waals surface area contributed by atoms with E-state index < -0.39 is 7.92 Å². The number of benzene rings is 3. The van der Waals surface area contributed by atoms with Crippen molar-refractivity contribution in [2.24, 2.45) is 0 Å². The van der Waals surface area contributed by atoms with Gasteiger partial charge >= 0.3 is 0 Å². The number of halogens is 2. The van der Waals surface area contributed by atoms with E-state index in [0.29, 0.717) is 32.9 Å². The van der Waals surface area contributed by atoms with Gasteiger partial charge in [-0.2, -0.15) is 0 Å². The summed E-state index contributed by atoms with van der Waals surface area (Å²) in [7, 11) is 3.14. The third-order valence-electron chi connectivity index (χ3n) is 4.30. The average molecular weight is 449 g/mol. The van der Waals surface area contributed by atoms with Crippen molar-refractivity contribution < 1.29 is 19.0 Å². The number of methoxy groups -OCH3 is 3. The van der Waals surface area contributed by atoms with Gasteiger partial charge in [-0.05, 0) is 34.9 Å². The molecule has 0 amide bonds. The molecule has 0 aliphatic carbocycles. The van der Waals surface area contributed by atoms with Crippen molar-refractivity contribution in [1.29, 1.82) is 0 Å². The standard InChI is InChI=1S/C22H19Cl2O4P/c1-26-16-12-19(27-2)21(20(13-16)28-3)22(25)29(17-8-4-14(23)5-9-17)18-10-6-15(24)7-11-18/h4-13H,1-3H3. The number of hydrogen-bond acceptors (Lipinski definition) is 4. The molecule has 4 nitrogen and oxygen atoms in total. The molecule has 29 heavy (non-hydrogen) atoms. The van der Waals surface area contributed by atoms with Crippen molar-refractivity contribution in [1.82, 2.24) is 0 Å². The molecule has 0 aliphatic heterocycles. The Kier molecular flexibility index (Phi) is 7.02. The highest BCUT2D eigenvalue weighted by molar-refractivity contribution is 7.88. The fourth-order valence-corrected chi connectivity index (χ4v) is 5.25. The number of hydrogen-bond donors (Lipinski definition) is 0. The molecule has 3 aromatic rings. The Morgan fingerprint density at radius 2 is 1.14 bits per heavy atom. The molecule has 0 aromatic heterocycles. The van der Waals surface area contributed by atoms with Crippen LogP contribution in [0, 0.1) is 0 Å². The molecule has 0 radical (unpaired) electrons. The van der Waals surface area contributed by atoms with Crippen molar-refractivity contribution in [2.75, 3.05) is 21.3 Å². The number of carbonyl (C=O) groups is 1. The lowest BCUT2D eigenvalue weighted by atomic mass is 10.2.